The number of nitrogens with one attached hydrogen (secondary N) is 2. The molecular weight excluding hydrogens is 420 g/mol. The highest BCUT2D eigenvalue weighted by Crippen LogP contribution is 2.23. The first kappa shape index (κ1) is 19.3. The number of morpholine rings is 1. The van der Waals surface area contributed by atoms with Gasteiger partial charge in [0.05, 0.1) is 30.6 Å². The molecule has 0 saturated carbocycles. The number of aromatic amines is 1. The maximum atomic E-state index is 5.39. The molecule has 1 aliphatic heterocycles. The maximum Gasteiger partial charge on any atom is 0.245 e. The van der Waals surface area contributed by atoms with Gasteiger partial charge in [-0.1, -0.05) is 12.1 Å². The van der Waals surface area contributed by atoms with E-state index in [0.717, 1.165) is 52.6 Å². The van der Waals surface area contributed by atoms with E-state index in [2.05, 4.69) is 45.7 Å². The molecule has 2 N–H and O–H groups in total. The second kappa shape index (κ2) is 8.28. The minimum Gasteiger partial charge on any atom is -0.378 e. The van der Waals surface area contributed by atoms with E-state index >= 15 is 0 Å². The second-order valence-corrected chi connectivity index (χ2v) is 7.58. The first-order chi connectivity index (χ1) is 16.3. The summed E-state index contributed by atoms with van der Waals surface area (Å²) < 4.78 is 7.16. The zero-order chi connectivity index (χ0) is 22.0. The molecule has 0 aliphatic carbocycles. The Morgan fingerprint density at radius 2 is 1.85 bits per heavy atom. The summed E-state index contributed by atoms with van der Waals surface area (Å²) in [7, 11) is 0. The number of benzene rings is 2. The third-order valence-electron chi connectivity index (χ3n) is 5.46. The predicted molar refractivity (Wildman–Crippen MR) is 123 cm³/mol. The predicted octanol–water partition coefficient (Wildman–Crippen LogP) is 2.58. The van der Waals surface area contributed by atoms with Gasteiger partial charge in [-0.05, 0) is 30.3 Å². The average Bonchev–Trinajstić information content (AvgIpc) is 3.58. The van der Waals surface area contributed by atoms with Crippen molar-refractivity contribution in [2.24, 2.45) is 0 Å². The number of anilines is 3. The number of nitrogens with zero attached hydrogens (tertiary/aromatic N) is 8. The van der Waals surface area contributed by atoms with Gasteiger partial charge in [-0.2, -0.15) is 20.4 Å². The van der Waals surface area contributed by atoms with Crippen molar-refractivity contribution in [1.82, 2.24) is 40.1 Å². The maximum absolute atomic E-state index is 5.39. The van der Waals surface area contributed by atoms with Gasteiger partial charge >= 0.3 is 0 Å². The van der Waals surface area contributed by atoms with Crippen molar-refractivity contribution < 1.29 is 4.74 Å². The summed E-state index contributed by atoms with van der Waals surface area (Å²) in [5.41, 5.74) is 4.33. The summed E-state index contributed by atoms with van der Waals surface area (Å²) in [5, 5.41) is 19.4. The summed E-state index contributed by atoms with van der Waals surface area (Å²) in [4.78, 5) is 15.6. The van der Waals surface area contributed by atoms with Gasteiger partial charge in [-0.3, -0.25) is 0 Å². The zero-order valence-electron chi connectivity index (χ0n) is 17.6. The standard InChI is InChI=1S/C22H20N10O/c1-2-16-12-23-21(27-19(16)11-15(1)20-13-25-30-28-20)26-17-3-5-18(6-4-17)32-14-24-22(29-32)31-7-9-33-10-8-31/h1-6,11-14H,7-10H2,(H,23,26,27)(H,25,28,30). The summed E-state index contributed by atoms with van der Waals surface area (Å²) in [6.45, 7) is 3.01. The lowest BCUT2D eigenvalue weighted by Gasteiger charge is -2.25. The number of H-pyrrole nitrogens is 1. The van der Waals surface area contributed by atoms with E-state index in [0.29, 0.717) is 19.2 Å². The first-order valence-corrected chi connectivity index (χ1v) is 10.6. The quantitative estimate of drug-likeness (QED) is 0.424. The fourth-order valence-electron chi connectivity index (χ4n) is 3.70. The molecule has 4 heterocycles. The third kappa shape index (κ3) is 3.96. The largest absolute Gasteiger partial charge is 0.378 e. The van der Waals surface area contributed by atoms with E-state index in [4.69, 9.17) is 4.74 Å². The first-order valence-electron chi connectivity index (χ1n) is 10.6. The molecule has 1 fully saturated rings. The zero-order valence-corrected chi connectivity index (χ0v) is 17.6. The highest BCUT2D eigenvalue weighted by atomic mass is 16.5. The molecule has 11 nitrogen and oxygen atoms in total. The monoisotopic (exact) mass is 440 g/mol. The van der Waals surface area contributed by atoms with Crippen molar-refractivity contribution in [3.8, 4) is 16.9 Å². The number of fused-ring (bicyclic) bond motifs is 1. The van der Waals surface area contributed by atoms with Crippen LogP contribution in [0.15, 0.2) is 61.2 Å². The molecular formula is C22H20N10O. The van der Waals surface area contributed by atoms with Gasteiger partial charge in [0.2, 0.25) is 11.9 Å². The summed E-state index contributed by atoms with van der Waals surface area (Å²) in [6.07, 6.45) is 5.21. The van der Waals surface area contributed by atoms with Crippen LogP contribution < -0.4 is 10.2 Å². The van der Waals surface area contributed by atoms with Gasteiger partial charge in [-0.25, -0.2) is 14.6 Å². The SMILES string of the molecule is c1cc(-n2cnc(N3CCOCC3)n2)ccc1Nc1ncc2ccc(-c3cn[nH]n3)cc2n1. The van der Waals surface area contributed by atoms with Crippen LogP contribution >= 0.6 is 0 Å². The molecule has 33 heavy (non-hydrogen) atoms. The summed E-state index contributed by atoms with van der Waals surface area (Å²) in [6, 6.07) is 13.8. The van der Waals surface area contributed by atoms with Crippen LogP contribution in [0.1, 0.15) is 0 Å². The molecule has 0 atom stereocenters. The number of rotatable bonds is 5. The molecule has 164 valence electrons. The van der Waals surface area contributed by atoms with E-state index in [1.54, 1.807) is 23.4 Å². The van der Waals surface area contributed by atoms with Gasteiger partial charge in [0.1, 0.15) is 12.0 Å². The smallest absolute Gasteiger partial charge is 0.245 e. The number of hydrogen-bond donors (Lipinski definition) is 2. The molecule has 1 aliphatic rings. The number of ether oxygens (including phenoxy) is 1. The average molecular weight is 440 g/mol. The van der Waals surface area contributed by atoms with E-state index in [1.165, 1.54) is 0 Å². The number of hydrogen-bond acceptors (Lipinski definition) is 9. The van der Waals surface area contributed by atoms with Gasteiger partial charge in [-0.15, -0.1) is 5.10 Å². The van der Waals surface area contributed by atoms with Crippen LogP contribution in [0.4, 0.5) is 17.6 Å². The molecule has 3 aromatic heterocycles. The molecule has 0 unspecified atom stereocenters. The summed E-state index contributed by atoms with van der Waals surface area (Å²) >= 11 is 0. The summed E-state index contributed by atoms with van der Waals surface area (Å²) in [5.74, 6) is 1.23. The Kier molecular flexibility index (Phi) is 4.85. The second-order valence-electron chi connectivity index (χ2n) is 7.58. The lowest BCUT2D eigenvalue weighted by atomic mass is 10.1. The normalized spacial score (nSPS) is 14.0. The van der Waals surface area contributed by atoms with E-state index in [9.17, 15) is 0 Å². The fraction of sp³-hybridized carbons (Fsp3) is 0.182. The van der Waals surface area contributed by atoms with Crippen molar-refractivity contribution in [1.29, 1.82) is 0 Å². The topological polar surface area (TPSA) is 123 Å². The highest BCUT2D eigenvalue weighted by molar-refractivity contribution is 5.83. The van der Waals surface area contributed by atoms with Gasteiger partial charge < -0.3 is 15.0 Å². The molecule has 0 amide bonds. The molecule has 0 radical (unpaired) electrons. The minimum absolute atomic E-state index is 0.517. The minimum atomic E-state index is 0.517. The van der Waals surface area contributed by atoms with Crippen LogP contribution in [0, 0.1) is 0 Å². The molecule has 5 aromatic rings. The van der Waals surface area contributed by atoms with Gasteiger partial charge in [0, 0.05) is 35.9 Å². The van der Waals surface area contributed by atoms with Crippen molar-refractivity contribution in [2.75, 3.05) is 36.5 Å². The Morgan fingerprint density at radius 1 is 0.970 bits per heavy atom. The molecule has 11 heteroatoms. The molecule has 2 aromatic carbocycles. The lowest BCUT2D eigenvalue weighted by Crippen LogP contribution is -2.37. The van der Waals surface area contributed by atoms with Crippen molar-refractivity contribution >= 4 is 28.5 Å². The van der Waals surface area contributed by atoms with Crippen molar-refractivity contribution in [2.45, 2.75) is 0 Å². The Labute approximate surface area is 188 Å². The van der Waals surface area contributed by atoms with Crippen LogP contribution in [0.5, 0.6) is 0 Å². The Bertz CT molecular complexity index is 1370. The van der Waals surface area contributed by atoms with Crippen LogP contribution in [-0.4, -0.2) is 66.4 Å². The van der Waals surface area contributed by atoms with E-state index < -0.39 is 0 Å². The van der Waals surface area contributed by atoms with Crippen LogP contribution in [-0.2, 0) is 4.74 Å². The van der Waals surface area contributed by atoms with Crippen LogP contribution in [0.3, 0.4) is 0 Å². The van der Waals surface area contributed by atoms with Gasteiger partial charge in [0.25, 0.3) is 0 Å². The highest BCUT2D eigenvalue weighted by Gasteiger charge is 2.15. The molecule has 0 bridgehead atoms. The van der Waals surface area contributed by atoms with Crippen LogP contribution in [0.25, 0.3) is 27.8 Å². The molecule has 0 spiro atoms. The van der Waals surface area contributed by atoms with Crippen molar-refractivity contribution in [3.05, 3.63) is 61.2 Å². The molecule has 6 rings (SSSR count). The third-order valence-corrected chi connectivity index (χ3v) is 5.46. The van der Waals surface area contributed by atoms with E-state index in [-0.39, 0.29) is 0 Å². The van der Waals surface area contributed by atoms with Gasteiger partial charge in [0.15, 0.2) is 0 Å². The lowest BCUT2D eigenvalue weighted by molar-refractivity contribution is 0.122. The van der Waals surface area contributed by atoms with E-state index in [1.807, 2.05) is 42.5 Å². The number of aromatic nitrogens is 8. The van der Waals surface area contributed by atoms with Crippen LogP contribution in [0.2, 0.25) is 0 Å². The Hall–Kier alpha value is -4.38. The Morgan fingerprint density at radius 3 is 2.67 bits per heavy atom. The van der Waals surface area contributed by atoms with Crippen molar-refractivity contribution in [3.63, 3.8) is 0 Å². The molecule has 1 saturated heterocycles. The Balaban J connectivity index is 1.19. The fourth-order valence-corrected chi connectivity index (χ4v) is 3.70.